The van der Waals surface area contributed by atoms with Crippen LogP contribution in [-0.2, 0) is 9.53 Å². The first kappa shape index (κ1) is 14.7. The van der Waals surface area contributed by atoms with Crippen LogP contribution in [-0.4, -0.2) is 70.1 Å². The number of aromatic amines is 1. The van der Waals surface area contributed by atoms with Crippen LogP contribution in [0.4, 0.5) is 5.82 Å². The first-order valence-electron chi connectivity index (χ1n) is 7.43. The Kier molecular flexibility index (Phi) is 4.19. The molecule has 1 atom stereocenters. The predicted octanol–water partition coefficient (Wildman–Crippen LogP) is 0.426. The summed E-state index contributed by atoms with van der Waals surface area (Å²) >= 11 is 0. The molecule has 1 fully saturated rings. The van der Waals surface area contributed by atoms with Gasteiger partial charge in [-0.25, -0.2) is 15.0 Å². The lowest BCUT2D eigenvalue weighted by atomic mass is 10.2. The Morgan fingerprint density at radius 1 is 1.50 bits per heavy atom. The number of amides is 1. The molecule has 8 heteroatoms. The summed E-state index contributed by atoms with van der Waals surface area (Å²) in [6.07, 6.45) is 4.09. The number of morpholine rings is 1. The Morgan fingerprint density at radius 2 is 2.36 bits per heavy atom. The van der Waals surface area contributed by atoms with Gasteiger partial charge in [0.1, 0.15) is 11.8 Å². The van der Waals surface area contributed by atoms with E-state index in [-0.39, 0.29) is 18.6 Å². The minimum atomic E-state index is 0.0792. The number of imidazole rings is 1. The first-order chi connectivity index (χ1) is 10.7. The van der Waals surface area contributed by atoms with E-state index in [0.29, 0.717) is 31.2 Å². The number of likely N-dealkylation sites (N-methyl/N-ethyl adjacent to an activating group) is 1. The molecule has 118 valence electrons. The summed E-state index contributed by atoms with van der Waals surface area (Å²) in [4.78, 5) is 31.6. The van der Waals surface area contributed by atoms with Crippen molar-refractivity contribution in [2.75, 3.05) is 38.2 Å². The molecule has 0 spiro atoms. The highest BCUT2D eigenvalue weighted by Crippen LogP contribution is 2.18. The second-order valence-corrected chi connectivity index (χ2v) is 5.40. The molecule has 3 heterocycles. The van der Waals surface area contributed by atoms with Crippen molar-refractivity contribution in [3.63, 3.8) is 0 Å². The zero-order valence-electron chi connectivity index (χ0n) is 12.8. The van der Waals surface area contributed by atoms with Crippen LogP contribution >= 0.6 is 0 Å². The number of anilines is 1. The summed E-state index contributed by atoms with van der Waals surface area (Å²) in [5.74, 6) is 0.756. The van der Waals surface area contributed by atoms with Crippen molar-refractivity contribution in [3.8, 4) is 0 Å². The lowest BCUT2D eigenvalue weighted by molar-refractivity contribution is -0.137. The fraction of sp³-hybridized carbons (Fsp3) is 0.571. The van der Waals surface area contributed by atoms with Crippen LogP contribution in [0.1, 0.15) is 13.3 Å². The molecular formula is C14H20N6O2. The molecule has 1 aliphatic heterocycles. The van der Waals surface area contributed by atoms with Crippen molar-refractivity contribution in [3.05, 3.63) is 12.7 Å². The molecule has 22 heavy (non-hydrogen) atoms. The number of fused-ring (bicyclic) bond motifs is 1. The molecule has 0 bridgehead atoms. The summed E-state index contributed by atoms with van der Waals surface area (Å²) in [5, 5.41) is 0. The third-order valence-corrected chi connectivity index (χ3v) is 3.88. The van der Waals surface area contributed by atoms with Gasteiger partial charge in [-0.1, -0.05) is 6.92 Å². The van der Waals surface area contributed by atoms with Crippen LogP contribution in [0.5, 0.6) is 0 Å². The lowest BCUT2D eigenvalue weighted by Crippen LogP contribution is -2.48. The zero-order chi connectivity index (χ0) is 15.5. The molecule has 1 N–H and O–H groups in total. The average Bonchev–Trinajstić information content (AvgIpc) is 3.03. The van der Waals surface area contributed by atoms with Crippen molar-refractivity contribution in [2.24, 2.45) is 0 Å². The molecule has 0 radical (unpaired) electrons. The number of nitrogens with zero attached hydrogens (tertiary/aromatic N) is 5. The molecule has 3 rings (SSSR count). The second-order valence-electron chi connectivity index (χ2n) is 5.40. The number of H-pyrrole nitrogens is 1. The van der Waals surface area contributed by atoms with Gasteiger partial charge < -0.3 is 19.5 Å². The van der Waals surface area contributed by atoms with Gasteiger partial charge in [-0.3, -0.25) is 4.79 Å². The minimum Gasteiger partial charge on any atom is -0.375 e. The summed E-state index contributed by atoms with van der Waals surface area (Å²) in [7, 11) is 1.85. The number of ether oxygens (including phenoxy) is 1. The van der Waals surface area contributed by atoms with Gasteiger partial charge in [0.05, 0.1) is 25.6 Å². The molecule has 0 unspecified atom stereocenters. The van der Waals surface area contributed by atoms with E-state index < -0.39 is 0 Å². The smallest absolute Gasteiger partial charge is 0.242 e. The maximum atomic E-state index is 12.5. The molecule has 2 aromatic heterocycles. The quantitative estimate of drug-likeness (QED) is 0.881. The van der Waals surface area contributed by atoms with E-state index in [4.69, 9.17) is 4.74 Å². The molecular weight excluding hydrogens is 284 g/mol. The fourth-order valence-corrected chi connectivity index (χ4v) is 2.61. The summed E-state index contributed by atoms with van der Waals surface area (Å²) in [6.45, 7) is 4.24. The highest BCUT2D eigenvalue weighted by atomic mass is 16.5. The standard InChI is InChI=1S/C14H20N6O2/c1-3-10-6-20(4-5-22-10)11(21)7-19(2)14-12-13(16-8-15-12)17-9-18-14/h8-10H,3-7H2,1-2H3,(H,15,16,17,18)/t10-/m1/s1. The number of carbonyl (C=O) groups is 1. The van der Waals surface area contributed by atoms with Crippen molar-refractivity contribution >= 4 is 22.9 Å². The van der Waals surface area contributed by atoms with Gasteiger partial charge in [0.15, 0.2) is 11.5 Å². The highest BCUT2D eigenvalue weighted by Gasteiger charge is 2.24. The van der Waals surface area contributed by atoms with Crippen LogP contribution < -0.4 is 4.90 Å². The van der Waals surface area contributed by atoms with E-state index in [1.165, 1.54) is 6.33 Å². The molecule has 1 aliphatic rings. The van der Waals surface area contributed by atoms with E-state index in [1.807, 2.05) is 16.8 Å². The number of nitrogens with one attached hydrogen (secondary N) is 1. The molecule has 2 aromatic rings. The summed E-state index contributed by atoms with van der Waals surface area (Å²) < 4.78 is 5.60. The second kappa shape index (κ2) is 6.27. The maximum absolute atomic E-state index is 12.5. The maximum Gasteiger partial charge on any atom is 0.242 e. The molecule has 1 saturated heterocycles. The van der Waals surface area contributed by atoms with E-state index in [9.17, 15) is 4.79 Å². The van der Waals surface area contributed by atoms with E-state index in [0.717, 1.165) is 11.9 Å². The van der Waals surface area contributed by atoms with Gasteiger partial charge in [0.2, 0.25) is 5.91 Å². The van der Waals surface area contributed by atoms with Crippen molar-refractivity contribution in [1.29, 1.82) is 0 Å². The van der Waals surface area contributed by atoms with Crippen molar-refractivity contribution in [1.82, 2.24) is 24.8 Å². The minimum absolute atomic E-state index is 0.0792. The van der Waals surface area contributed by atoms with E-state index in [1.54, 1.807) is 6.33 Å². The monoisotopic (exact) mass is 304 g/mol. The van der Waals surface area contributed by atoms with Gasteiger partial charge in [0, 0.05) is 20.1 Å². The Balaban J connectivity index is 1.69. The molecule has 1 amide bonds. The van der Waals surface area contributed by atoms with Crippen molar-refractivity contribution < 1.29 is 9.53 Å². The molecule has 8 nitrogen and oxygen atoms in total. The fourth-order valence-electron chi connectivity index (χ4n) is 2.61. The summed E-state index contributed by atoms with van der Waals surface area (Å²) in [6, 6.07) is 0. The average molecular weight is 304 g/mol. The Morgan fingerprint density at radius 3 is 3.18 bits per heavy atom. The predicted molar refractivity (Wildman–Crippen MR) is 81.6 cm³/mol. The van der Waals surface area contributed by atoms with Crippen LogP contribution in [0.15, 0.2) is 12.7 Å². The van der Waals surface area contributed by atoms with Gasteiger partial charge in [-0.2, -0.15) is 0 Å². The van der Waals surface area contributed by atoms with Crippen LogP contribution in [0.25, 0.3) is 11.2 Å². The third-order valence-electron chi connectivity index (χ3n) is 3.88. The Bertz CT molecular complexity index is 658. The number of aromatic nitrogens is 4. The highest BCUT2D eigenvalue weighted by molar-refractivity contribution is 5.87. The Hall–Kier alpha value is -2.22. The number of hydrogen-bond acceptors (Lipinski definition) is 6. The van der Waals surface area contributed by atoms with Crippen LogP contribution in [0.3, 0.4) is 0 Å². The number of hydrogen-bond donors (Lipinski definition) is 1. The normalized spacial score (nSPS) is 18.6. The zero-order valence-corrected chi connectivity index (χ0v) is 12.8. The number of carbonyl (C=O) groups excluding carboxylic acids is 1. The van der Waals surface area contributed by atoms with Gasteiger partial charge in [-0.15, -0.1) is 0 Å². The Labute approximate surface area is 128 Å². The van der Waals surface area contributed by atoms with Gasteiger partial charge in [0.25, 0.3) is 0 Å². The molecule has 0 aliphatic carbocycles. The topological polar surface area (TPSA) is 87.2 Å². The molecule has 0 aromatic carbocycles. The largest absolute Gasteiger partial charge is 0.375 e. The SMILES string of the molecule is CC[C@@H]1CN(C(=O)CN(C)c2ncnc3nc[nH]c23)CCO1. The lowest BCUT2D eigenvalue weighted by Gasteiger charge is -2.33. The van der Waals surface area contributed by atoms with Crippen molar-refractivity contribution in [2.45, 2.75) is 19.4 Å². The van der Waals surface area contributed by atoms with E-state index in [2.05, 4.69) is 26.9 Å². The third kappa shape index (κ3) is 2.87. The first-order valence-corrected chi connectivity index (χ1v) is 7.43. The summed E-state index contributed by atoms with van der Waals surface area (Å²) in [5.41, 5.74) is 1.34. The van der Waals surface area contributed by atoms with E-state index >= 15 is 0 Å². The van der Waals surface area contributed by atoms with Gasteiger partial charge >= 0.3 is 0 Å². The number of rotatable bonds is 4. The van der Waals surface area contributed by atoms with Crippen LogP contribution in [0.2, 0.25) is 0 Å². The van der Waals surface area contributed by atoms with Gasteiger partial charge in [-0.05, 0) is 6.42 Å². The molecule has 0 saturated carbocycles. The van der Waals surface area contributed by atoms with Crippen LogP contribution in [0, 0.1) is 0 Å².